The number of rotatable bonds is 2. The molecule has 0 atom stereocenters. The van der Waals surface area contributed by atoms with Gasteiger partial charge in [-0.25, -0.2) is 4.39 Å². The highest BCUT2D eigenvalue weighted by atomic mass is 32.1. The van der Waals surface area contributed by atoms with Crippen LogP contribution in [-0.4, -0.2) is 16.1 Å². The first kappa shape index (κ1) is 12.7. The Balaban J connectivity index is 1.99. The number of hydrogen-bond acceptors (Lipinski definition) is 5. The second-order valence-corrected chi connectivity index (χ2v) is 5.43. The topological polar surface area (TPSA) is 68.0 Å². The standard InChI is InChI=1S/C13H10FN3O2S/c1-6-8-4-3-5-9(14)11(8)19-10(6)12(18)15-13-17-16-7(2)20-13/h3-5H,1-2H3,(H,15,17,18). The van der Waals surface area contributed by atoms with Crippen LogP contribution >= 0.6 is 11.3 Å². The van der Waals surface area contributed by atoms with Crippen molar-refractivity contribution in [2.24, 2.45) is 0 Å². The molecular formula is C13H10FN3O2S. The van der Waals surface area contributed by atoms with E-state index in [1.807, 2.05) is 0 Å². The first-order chi connectivity index (χ1) is 9.56. The second kappa shape index (κ2) is 4.68. The van der Waals surface area contributed by atoms with E-state index in [0.717, 1.165) is 5.01 Å². The van der Waals surface area contributed by atoms with E-state index in [4.69, 9.17) is 4.42 Å². The Hall–Kier alpha value is -2.28. The lowest BCUT2D eigenvalue weighted by atomic mass is 10.1. The largest absolute Gasteiger partial charge is 0.448 e. The fraction of sp³-hybridized carbons (Fsp3) is 0.154. The Morgan fingerprint density at radius 2 is 2.15 bits per heavy atom. The average molecular weight is 291 g/mol. The summed E-state index contributed by atoms with van der Waals surface area (Å²) >= 11 is 1.26. The molecule has 0 radical (unpaired) electrons. The van der Waals surface area contributed by atoms with Crippen molar-refractivity contribution in [1.82, 2.24) is 10.2 Å². The number of nitrogens with one attached hydrogen (secondary N) is 1. The van der Waals surface area contributed by atoms with Crippen molar-refractivity contribution in [1.29, 1.82) is 0 Å². The third-order valence-corrected chi connectivity index (χ3v) is 3.62. The molecular weight excluding hydrogens is 281 g/mol. The molecule has 2 heterocycles. The highest BCUT2D eigenvalue weighted by Crippen LogP contribution is 2.28. The number of hydrogen-bond donors (Lipinski definition) is 1. The molecule has 0 aliphatic heterocycles. The number of anilines is 1. The fourth-order valence-corrected chi connectivity index (χ4v) is 2.51. The first-order valence-electron chi connectivity index (χ1n) is 5.85. The summed E-state index contributed by atoms with van der Waals surface area (Å²) < 4.78 is 19.0. The lowest BCUT2D eigenvalue weighted by Gasteiger charge is -1.98. The molecule has 20 heavy (non-hydrogen) atoms. The van der Waals surface area contributed by atoms with Gasteiger partial charge >= 0.3 is 0 Å². The van der Waals surface area contributed by atoms with Gasteiger partial charge in [-0.1, -0.05) is 23.5 Å². The lowest BCUT2D eigenvalue weighted by Crippen LogP contribution is -2.11. The summed E-state index contributed by atoms with van der Waals surface area (Å²) in [4.78, 5) is 12.1. The van der Waals surface area contributed by atoms with Crippen molar-refractivity contribution >= 4 is 33.3 Å². The van der Waals surface area contributed by atoms with Gasteiger partial charge in [0.25, 0.3) is 5.91 Å². The number of aryl methyl sites for hydroxylation is 2. The van der Waals surface area contributed by atoms with Gasteiger partial charge < -0.3 is 4.42 Å². The van der Waals surface area contributed by atoms with Crippen molar-refractivity contribution in [2.75, 3.05) is 5.32 Å². The summed E-state index contributed by atoms with van der Waals surface area (Å²) in [6, 6.07) is 4.58. The van der Waals surface area contributed by atoms with Gasteiger partial charge in [-0.2, -0.15) is 0 Å². The predicted octanol–water partition coefficient (Wildman–Crippen LogP) is 3.29. The van der Waals surface area contributed by atoms with Crippen LogP contribution < -0.4 is 5.32 Å². The van der Waals surface area contributed by atoms with Crippen LogP contribution in [0.2, 0.25) is 0 Å². The third-order valence-electron chi connectivity index (χ3n) is 2.87. The number of benzene rings is 1. The van der Waals surface area contributed by atoms with Gasteiger partial charge in [-0.05, 0) is 19.9 Å². The van der Waals surface area contributed by atoms with Gasteiger partial charge in [-0.3, -0.25) is 10.1 Å². The number of aromatic nitrogens is 2. The van der Waals surface area contributed by atoms with E-state index < -0.39 is 11.7 Å². The van der Waals surface area contributed by atoms with Gasteiger partial charge in [0.05, 0.1) is 0 Å². The molecule has 0 aliphatic rings. The highest BCUT2D eigenvalue weighted by Gasteiger charge is 2.20. The van der Waals surface area contributed by atoms with E-state index in [9.17, 15) is 9.18 Å². The van der Waals surface area contributed by atoms with Crippen LogP contribution in [0.3, 0.4) is 0 Å². The summed E-state index contributed by atoms with van der Waals surface area (Å²) in [7, 11) is 0. The van der Waals surface area contributed by atoms with E-state index >= 15 is 0 Å². The van der Waals surface area contributed by atoms with Crippen molar-refractivity contribution in [3.8, 4) is 0 Å². The molecule has 0 saturated carbocycles. The molecule has 3 aromatic rings. The molecule has 0 aliphatic carbocycles. The summed E-state index contributed by atoms with van der Waals surface area (Å²) in [5, 5.41) is 11.9. The summed E-state index contributed by atoms with van der Waals surface area (Å²) in [5.74, 6) is -0.872. The summed E-state index contributed by atoms with van der Waals surface area (Å²) in [6.45, 7) is 3.50. The van der Waals surface area contributed by atoms with Crippen LogP contribution in [0.4, 0.5) is 9.52 Å². The SMILES string of the molecule is Cc1nnc(NC(=O)c2oc3c(F)cccc3c2C)s1. The zero-order chi connectivity index (χ0) is 14.3. The Labute approximate surface area is 117 Å². The molecule has 1 amide bonds. The monoisotopic (exact) mass is 291 g/mol. The molecule has 102 valence electrons. The molecule has 5 nitrogen and oxygen atoms in total. The quantitative estimate of drug-likeness (QED) is 0.786. The van der Waals surface area contributed by atoms with Gasteiger partial charge in [0.15, 0.2) is 17.2 Å². The molecule has 7 heteroatoms. The van der Waals surface area contributed by atoms with E-state index in [-0.39, 0.29) is 11.3 Å². The van der Waals surface area contributed by atoms with Crippen LogP contribution in [0.15, 0.2) is 22.6 Å². The molecule has 0 spiro atoms. The minimum absolute atomic E-state index is 0.0814. The van der Waals surface area contributed by atoms with Crippen molar-refractivity contribution < 1.29 is 13.6 Å². The second-order valence-electron chi connectivity index (χ2n) is 4.25. The van der Waals surface area contributed by atoms with Crippen LogP contribution in [0.1, 0.15) is 21.1 Å². The van der Waals surface area contributed by atoms with Gasteiger partial charge in [-0.15, -0.1) is 10.2 Å². The average Bonchev–Trinajstić information content (AvgIpc) is 2.95. The van der Waals surface area contributed by atoms with E-state index in [1.54, 1.807) is 26.0 Å². The molecule has 1 aromatic carbocycles. The molecule has 0 saturated heterocycles. The molecule has 3 rings (SSSR count). The fourth-order valence-electron chi connectivity index (χ4n) is 1.93. The number of carbonyl (C=O) groups is 1. The minimum atomic E-state index is -0.489. The predicted molar refractivity (Wildman–Crippen MR) is 73.5 cm³/mol. The Morgan fingerprint density at radius 1 is 1.35 bits per heavy atom. The number of para-hydroxylation sites is 1. The maximum Gasteiger partial charge on any atom is 0.293 e. The highest BCUT2D eigenvalue weighted by molar-refractivity contribution is 7.15. The van der Waals surface area contributed by atoms with Crippen molar-refractivity contribution in [3.05, 3.63) is 40.3 Å². The minimum Gasteiger partial charge on any atom is -0.448 e. The Bertz CT molecular complexity index is 809. The van der Waals surface area contributed by atoms with Crippen LogP contribution in [0, 0.1) is 19.7 Å². The molecule has 0 bridgehead atoms. The number of fused-ring (bicyclic) bond motifs is 1. The number of furan rings is 1. The number of nitrogens with zero attached hydrogens (tertiary/aromatic N) is 2. The molecule has 0 unspecified atom stereocenters. The number of amides is 1. The lowest BCUT2D eigenvalue weighted by molar-refractivity contribution is 0.0997. The maximum atomic E-state index is 13.6. The van der Waals surface area contributed by atoms with Gasteiger partial charge in [0.2, 0.25) is 5.13 Å². The van der Waals surface area contributed by atoms with Crippen LogP contribution in [0.5, 0.6) is 0 Å². The normalized spacial score (nSPS) is 10.9. The zero-order valence-electron chi connectivity index (χ0n) is 10.7. The van der Waals surface area contributed by atoms with E-state index in [1.165, 1.54) is 17.4 Å². The number of halogens is 1. The van der Waals surface area contributed by atoms with Crippen molar-refractivity contribution in [3.63, 3.8) is 0 Å². The van der Waals surface area contributed by atoms with Crippen molar-refractivity contribution in [2.45, 2.75) is 13.8 Å². The third kappa shape index (κ3) is 2.05. The summed E-state index contributed by atoms with van der Waals surface area (Å²) in [5.41, 5.74) is 0.682. The zero-order valence-corrected chi connectivity index (χ0v) is 11.5. The van der Waals surface area contributed by atoms with Crippen LogP contribution in [0.25, 0.3) is 11.0 Å². The van der Waals surface area contributed by atoms with E-state index in [0.29, 0.717) is 16.1 Å². The molecule has 0 fully saturated rings. The molecule has 1 N–H and O–H groups in total. The van der Waals surface area contributed by atoms with E-state index in [2.05, 4.69) is 15.5 Å². The smallest absolute Gasteiger partial charge is 0.293 e. The van der Waals surface area contributed by atoms with Gasteiger partial charge in [0, 0.05) is 10.9 Å². The Kier molecular flexibility index (Phi) is 2.98. The Morgan fingerprint density at radius 3 is 2.80 bits per heavy atom. The van der Waals surface area contributed by atoms with Gasteiger partial charge in [0.1, 0.15) is 5.01 Å². The number of carbonyl (C=O) groups excluding carboxylic acids is 1. The van der Waals surface area contributed by atoms with Crippen LogP contribution in [-0.2, 0) is 0 Å². The summed E-state index contributed by atoms with van der Waals surface area (Å²) in [6.07, 6.45) is 0. The maximum absolute atomic E-state index is 13.6. The molecule has 2 aromatic heterocycles. The first-order valence-corrected chi connectivity index (χ1v) is 6.67.